The van der Waals surface area contributed by atoms with Gasteiger partial charge in [-0.15, -0.1) is 0 Å². The van der Waals surface area contributed by atoms with Crippen molar-refractivity contribution in [3.63, 3.8) is 0 Å². The summed E-state index contributed by atoms with van der Waals surface area (Å²) >= 11 is -0.0732. The molecule has 1 N–H and O–H groups in total. The summed E-state index contributed by atoms with van der Waals surface area (Å²) in [5.74, 6) is 1.63. The molecule has 1 aromatic carbocycles. The topological polar surface area (TPSA) is 95.0 Å². The fourth-order valence-electron chi connectivity index (χ4n) is 3.67. The summed E-state index contributed by atoms with van der Waals surface area (Å²) in [6.45, 7) is 7.07. The molecule has 0 amide bonds. The number of hydrogen-bond acceptors (Lipinski definition) is 9. The van der Waals surface area contributed by atoms with E-state index in [1.54, 1.807) is 7.11 Å². The van der Waals surface area contributed by atoms with Crippen LogP contribution < -0.4 is 14.8 Å². The number of benzene rings is 1. The van der Waals surface area contributed by atoms with Crippen molar-refractivity contribution in [3.05, 3.63) is 33.4 Å². The number of carbonyl (C=O) groups excluding carboxylic acids is 1. The standard InChI is InChI=1S/C23H28N4O5Se/c1-15-17(13-21(33-15)23(28)30-3)26-22-16-11-20(19(29-2)12-18(16)24-14-25-22)32-8-4-5-27-6-9-31-10-7-27/h11-14H,4-10H2,1-3H3,(H,24,25,26). The van der Waals surface area contributed by atoms with Crippen molar-refractivity contribution < 1.29 is 23.7 Å². The first-order valence-electron chi connectivity index (χ1n) is 10.8. The maximum atomic E-state index is 11.9. The zero-order valence-electron chi connectivity index (χ0n) is 19.1. The van der Waals surface area contributed by atoms with Gasteiger partial charge >= 0.3 is 168 Å². The van der Waals surface area contributed by atoms with Crippen LogP contribution >= 0.6 is 0 Å². The van der Waals surface area contributed by atoms with E-state index in [4.69, 9.17) is 18.9 Å². The number of morpholine rings is 1. The van der Waals surface area contributed by atoms with Gasteiger partial charge in [0.2, 0.25) is 0 Å². The van der Waals surface area contributed by atoms with Crippen molar-refractivity contribution in [2.45, 2.75) is 13.3 Å². The Labute approximate surface area is 198 Å². The van der Waals surface area contributed by atoms with Crippen molar-refractivity contribution in [3.8, 4) is 11.5 Å². The third-order valence-corrected chi connectivity index (χ3v) is 7.62. The van der Waals surface area contributed by atoms with Gasteiger partial charge in [-0.1, -0.05) is 0 Å². The van der Waals surface area contributed by atoms with Gasteiger partial charge in [-0.25, -0.2) is 0 Å². The first kappa shape index (κ1) is 23.5. The summed E-state index contributed by atoms with van der Waals surface area (Å²) in [6, 6.07) is 5.60. The average Bonchev–Trinajstić information content (AvgIpc) is 3.21. The maximum absolute atomic E-state index is 11.9. The molecule has 0 radical (unpaired) electrons. The van der Waals surface area contributed by atoms with Gasteiger partial charge in [-0.05, 0) is 0 Å². The first-order chi connectivity index (χ1) is 16.1. The van der Waals surface area contributed by atoms with E-state index < -0.39 is 0 Å². The van der Waals surface area contributed by atoms with E-state index in [0.717, 1.165) is 60.3 Å². The van der Waals surface area contributed by atoms with E-state index in [9.17, 15) is 4.79 Å². The molecule has 9 nitrogen and oxygen atoms in total. The van der Waals surface area contributed by atoms with Crippen LogP contribution in [-0.4, -0.2) is 89.0 Å². The van der Waals surface area contributed by atoms with Crippen molar-refractivity contribution in [2.75, 3.05) is 59.0 Å². The van der Waals surface area contributed by atoms with Gasteiger partial charge in [0.1, 0.15) is 0 Å². The Morgan fingerprint density at radius 3 is 2.76 bits per heavy atom. The molecule has 0 spiro atoms. The number of rotatable bonds is 9. The number of nitrogens with one attached hydrogen (secondary N) is 1. The number of esters is 1. The van der Waals surface area contributed by atoms with Crippen molar-refractivity contribution in [1.82, 2.24) is 14.9 Å². The fourth-order valence-corrected chi connectivity index (χ4v) is 5.54. The first-order valence-corrected chi connectivity index (χ1v) is 12.5. The van der Waals surface area contributed by atoms with Crippen molar-refractivity contribution in [1.29, 1.82) is 0 Å². The predicted molar refractivity (Wildman–Crippen MR) is 126 cm³/mol. The van der Waals surface area contributed by atoms with Gasteiger partial charge in [0.25, 0.3) is 0 Å². The molecular formula is C23H28N4O5Se. The van der Waals surface area contributed by atoms with Gasteiger partial charge in [-0.2, -0.15) is 0 Å². The molecule has 1 fully saturated rings. The number of ether oxygens (including phenoxy) is 4. The van der Waals surface area contributed by atoms with E-state index in [2.05, 4.69) is 20.2 Å². The SMILES string of the molecule is COC(=O)c1cc(Nc2ncnc3cc(OC)c(OCCCN4CCOCC4)cc23)c(C)[se]1. The van der Waals surface area contributed by atoms with Crippen LogP contribution in [0.5, 0.6) is 11.5 Å². The summed E-state index contributed by atoms with van der Waals surface area (Å²) in [4.78, 5) is 23.1. The summed E-state index contributed by atoms with van der Waals surface area (Å²) in [5.41, 5.74) is 1.60. The van der Waals surface area contributed by atoms with Crippen LogP contribution in [0.3, 0.4) is 0 Å². The van der Waals surface area contributed by atoms with E-state index in [0.29, 0.717) is 28.4 Å². The quantitative estimate of drug-likeness (QED) is 0.260. The molecule has 1 saturated heterocycles. The Balaban J connectivity index is 1.52. The number of methoxy groups -OCH3 is 2. The molecule has 33 heavy (non-hydrogen) atoms. The van der Waals surface area contributed by atoms with Crippen LogP contribution in [0.2, 0.25) is 0 Å². The molecule has 0 atom stereocenters. The molecule has 2 aromatic heterocycles. The summed E-state index contributed by atoms with van der Waals surface area (Å²) in [6.07, 6.45) is 2.42. The number of fused-ring (bicyclic) bond motifs is 1. The fraction of sp³-hybridized carbons (Fsp3) is 0.435. The van der Waals surface area contributed by atoms with E-state index in [-0.39, 0.29) is 20.5 Å². The Hall–Kier alpha value is -2.65. The molecule has 0 aliphatic carbocycles. The second-order valence-electron chi connectivity index (χ2n) is 7.60. The number of aryl methyl sites for hydroxylation is 1. The average molecular weight is 519 g/mol. The molecule has 1 aliphatic rings. The molecule has 0 unspecified atom stereocenters. The number of anilines is 2. The van der Waals surface area contributed by atoms with Crippen LogP contribution in [0, 0.1) is 6.92 Å². The predicted octanol–water partition coefficient (Wildman–Crippen LogP) is 2.64. The van der Waals surface area contributed by atoms with Gasteiger partial charge < -0.3 is 4.74 Å². The zero-order chi connectivity index (χ0) is 23.2. The molecule has 0 bridgehead atoms. The van der Waals surface area contributed by atoms with Crippen molar-refractivity contribution in [2.24, 2.45) is 0 Å². The second-order valence-corrected chi connectivity index (χ2v) is 10.2. The third kappa shape index (κ3) is 5.65. The van der Waals surface area contributed by atoms with E-state index >= 15 is 0 Å². The van der Waals surface area contributed by atoms with Crippen LogP contribution in [-0.2, 0) is 9.47 Å². The number of nitrogens with zero attached hydrogens (tertiary/aromatic N) is 3. The summed E-state index contributed by atoms with van der Waals surface area (Å²) in [5, 5.41) is 4.18. The molecule has 3 aromatic rings. The van der Waals surface area contributed by atoms with Gasteiger partial charge in [-0.3, -0.25) is 0 Å². The van der Waals surface area contributed by atoms with Gasteiger partial charge in [0, 0.05) is 13.1 Å². The third-order valence-electron chi connectivity index (χ3n) is 5.46. The normalized spacial score (nSPS) is 14.3. The van der Waals surface area contributed by atoms with Crippen molar-refractivity contribution >= 4 is 42.9 Å². The monoisotopic (exact) mass is 520 g/mol. The molecule has 1 aliphatic heterocycles. The van der Waals surface area contributed by atoms with Crippen LogP contribution in [0.1, 0.15) is 20.1 Å². The number of carbonyl (C=O) groups is 1. The van der Waals surface area contributed by atoms with E-state index in [1.807, 2.05) is 25.1 Å². The minimum atomic E-state index is -0.295. The summed E-state index contributed by atoms with van der Waals surface area (Å²) in [7, 11) is 3.02. The molecule has 4 rings (SSSR count). The number of hydrogen-bond donors (Lipinski definition) is 1. The Morgan fingerprint density at radius 1 is 1.18 bits per heavy atom. The van der Waals surface area contributed by atoms with Crippen LogP contribution in [0.25, 0.3) is 10.9 Å². The van der Waals surface area contributed by atoms with E-state index in [1.165, 1.54) is 13.4 Å². The van der Waals surface area contributed by atoms with Crippen LogP contribution in [0.4, 0.5) is 11.5 Å². The Bertz CT molecular complexity index is 1110. The second kappa shape index (κ2) is 11.0. The molecule has 3 heterocycles. The summed E-state index contributed by atoms with van der Waals surface area (Å²) < 4.78 is 23.7. The molecule has 0 saturated carbocycles. The zero-order valence-corrected chi connectivity index (χ0v) is 20.8. The van der Waals surface area contributed by atoms with Gasteiger partial charge in [0.05, 0.1) is 13.2 Å². The Morgan fingerprint density at radius 2 is 2.00 bits per heavy atom. The Kier molecular flexibility index (Phi) is 7.82. The van der Waals surface area contributed by atoms with Gasteiger partial charge in [0.15, 0.2) is 0 Å². The molecule has 10 heteroatoms. The minimum absolute atomic E-state index is 0.0732. The van der Waals surface area contributed by atoms with Crippen LogP contribution in [0.15, 0.2) is 24.5 Å². The number of aromatic nitrogens is 2. The molecule has 176 valence electrons. The molecular weight excluding hydrogens is 491 g/mol.